The molecule has 0 amide bonds. The third kappa shape index (κ3) is 3.87. The average molecular weight is 281 g/mol. The third-order valence-electron chi connectivity index (χ3n) is 4.46. The van der Waals surface area contributed by atoms with Crippen LogP contribution in [0.3, 0.4) is 0 Å². The summed E-state index contributed by atoms with van der Waals surface area (Å²) in [5.74, 6) is 0. The standard InChI is InChI=1S/C16H25ClN2/c1-16(2)8-6-14(7-9-16)19(3)11-12-10-13(17)4-5-15(12)18/h4-5,10,14H,6-9,11,18H2,1-3H3. The topological polar surface area (TPSA) is 29.3 Å². The zero-order valence-electron chi connectivity index (χ0n) is 12.2. The van der Waals surface area contributed by atoms with Crippen LogP contribution < -0.4 is 5.73 Å². The van der Waals surface area contributed by atoms with Gasteiger partial charge in [0.05, 0.1) is 0 Å². The van der Waals surface area contributed by atoms with Crippen LogP contribution in [0.1, 0.15) is 45.1 Å². The molecule has 0 radical (unpaired) electrons. The molecule has 0 unspecified atom stereocenters. The first-order chi connectivity index (χ1) is 8.87. The van der Waals surface area contributed by atoms with Crippen LogP contribution in [0, 0.1) is 5.41 Å². The molecule has 0 atom stereocenters. The molecule has 106 valence electrons. The number of benzene rings is 1. The second kappa shape index (κ2) is 5.72. The Morgan fingerprint density at radius 2 is 1.95 bits per heavy atom. The fourth-order valence-electron chi connectivity index (χ4n) is 2.93. The first kappa shape index (κ1) is 14.7. The predicted molar refractivity (Wildman–Crippen MR) is 83.4 cm³/mol. The Hall–Kier alpha value is -0.730. The summed E-state index contributed by atoms with van der Waals surface area (Å²) in [7, 11) is 2.20. The van der Waals surface area contributed by atoms with Crippen molar-refractivity contribution in [2.75, 3.05) is 12.8 Å². The minimum absolute atomic E-state index is 0.520. The van der Waals surface area contributed by atoms with Gasteiger partial charge < -0.3 is 5.73 Å². The van der Waals surface area contributed by atoms with E-state index in [-0.39, 0.29) is 0 Å². The van der Waals surface area contributed by atoms with E-state index in [9.17, 15) is 0 Å². The zero-order valence-corrected chi connectivity index (χ0v) is 13.0. The molecule has 2 nitrogen and oxygen atoms in total. The molecule has 19 heavy (non-hydrogen) atoms. The van der Waals surface area contributed by atoms with Crippen molar-refractivity contribution in [3.05, 3.63) is 28.8 Å². The maximum atomic E-state index is 6.05. The molecule has 1 aromatic carbocycles. The van der Waals surface area contributed by atoms with Crippen LogP contribution in [0.2, 0.25) is 5.02 Å². The third-order valence-corrected chi connectivity index (χ3v) is 4.69. The van der Waals surface area contributed by atoms with E-state index in [1.54, 1.807) is 0 Å². The van der Waals surface area contributed by atoms with E-state index < -0.39 is 0 Å². The van der Waals surface area contributed by atoms with E-state index in [1.807, 2.05) is 18.2 Å². The molecule has 1 fully saturated rings. The van der Waals surface area contributed by atoms with Crippen molar-refractivity contribution >= 4 is 17.3 Å². The largest absolute Gasteiger partial charge is 0.398 e. The number of nitrogens with two attached hydrogens (primary N) is 1. The highest BCUT2D eigenvalue weighted by molar-refractivity contribution is 6.30. The number of nitrogen functional groups attached to an aromatic ring is 1. The van der Waals surface area contributed by atoms with Crippen molar-refractivity contribution in [1.29, 1.82) is 0 Å². The number of nitrogens with zero attached hydrogens (tertiary/aromatic N) is 1. The van der Waals surface area contributed by atoms with E-state index >= 15 is 0 Å². The van der Waals surface area contributed by atoms with Crippen LogP contribution in [0.5, 0.6) is 0 Å². The Labute approximate surface area is 121 Å². The van der Waals surface area contributed by atoms with Gasteiger partial charge in [0.2, 0.25) is 0 Å². The summed E-state index contributed by atoms with van der Waals surface area (Å²) in [5.41, 5.74) is 8.52. The first-order valence-corrected chi connectivity index (χ1v) is 7.49. The Balaban J connectivity index is 1.98. The highest BCUT2D eigenvalue weighted by Gasteiger charge is 2.28. The van der Waals surface area contributed by atoms with Gasteiger partial charge in [-0.1, -0.05) is 25.4 Å². The summed E-state index contributed by atoms with van der Waals surface area (Å²) in [4.78, 5) is 2.43. The zero-order chi connectivity index (χ0) is 14.0. The molecule has 0 saturated heterocycles. The summed E-state index contributed by atoms with van der Waals surface area (Å²) in [6.45, 7) is 5.63. The number of hydrogen-bond donors (Lipinski definition) is 1. The van der Waals surface area contributed by atoms with Crippen LogP contribution >= 0.6 is 11.6 Å². The average Bonchev–Trinajstić information content (AvgIpc) is 2.33. The van der Waals surface area contributed by atoms with Gasteiger partial charge in [-0.2, -0.15) is 0 Å². The highest BCUT2D eigenvalue weighted by atomic mass is 35.5. The quantitative estimate of drug-likeness (QED) is 0.836. The van der Waals surface area contributed by atoms with E-state index in [4.69, 9.17) is 17.3 Å². The van der Waals surface area contributed by atoms with Gasteiger partial charge in [-0.15, -0.1) is 0 Å². The fourth-order valence-corrected chi connectivity index (χ4v) is 3.13. The van der Waals surface area contributed by atoms with E-state index in [2.05, 4.69) is 25.8 Å². The lowest BCUT2D eigenvalue weighted by atomic mass is 9.75. The molecule has 0 heterocycles. The molecule has 0 spiro atoms. The second-order valence-electron chi connectivity index (χ2n) is 6.65. The monoisotopic (exact) mass is 280 g/mol. The molecular formula is C16H25ClN2. The molecule has 1 saturated carbocycles. The van der Waals surface area contributed by atoms with Crippen LogP contribution in [0.4, 0.5) is 5.69 Å². The maximum Gasteiger partial charge on any atom is 0.0410 e. The molecule has 1 aromatic rings. The lowest BCUT2D eigenvalue weighted by Crippen LogP contribution is -2.36. The smallest absolute Gasteiger partial charge is 0.0410 e. The van der Waals surface area contributed by atoms with E-state index in [0.29, 0.717) is 11.5 Å². The fraction of sp³-hybridized carbons (Fsp3) is 0.625. The van der Waals surface area contributed by atoms with Gasteiger partial charge in [0, 0.05) is 23.3 Å². The minimum Gasteiger partial charge on any atom is -0.398 e. The normalized spacial score (nSPS) is 19.8. The Kier molecular flexibility index (Phi) is 4.42. The summed E-state index contributed by atoms with van der Waals surface area (Å²) in [6.07, 6.45) is 5.19. The van der Waals surface area contributed by atoms with Gasteiger partial charge >= 0.3 is 0 Å². The predicted octanol–water partition coefficient (Wildman–Crippen LogP) is 4.32. The molecule has 3 heteroatoms. The van der Waals surface area contributed by atoms with Gasteiger partial charge in [0.25, 0.3) is 0 Å². The van der Waals surface area contributed by atoms with Gasteiger partial charge in [-0.3, -0.25) is 4.90 Å². The van der Waals surface area contributed by atoms with Gasteiger partial charge in [0.15, 0.2) is 0 Å². The number of halogens is 1. The molecule has 0 aliphatic heterocycles. The highest BCUT2D eigenvalue weighted by Crippen LogP contribution is 2.37. The van der Waals surface area contributed by atoms with Gasteiger partial charge in [-0.25, -0.2) is 0 Å². The van der Waals surface area contributed by atoms with E-state index in [0.717, 1.165) is 22.8 Å². The number of rotatable bonds is 3. The Bertz CT molecular complexity index is 432. The lowest BCUT2D eigenvalue weighted by Gasteiger charge is -2.38. The summed E-state index contributed by atoms with van der Waals surface area (Å²) in [5, 5.41) is 0.766. The molecular weight excluding hydrogens is 256 g/mol. The second-order valence-corrected chi connectivity index (χ2v) is 7.09. The molecule has 2 rings (SSSR count). The molecule has 1 aliphatic rings. The van der Waals surface area contributed by atoms with Crippen LogP contribution in [-0.4, -0.2) is 18.0 Å². The Morgan fingerprint density at radius 1 is 1.32 bits per heavy atom. The van der Waals surface area contributed by atoms with Crippen molar-refractivity contribution < 1.29 is 0 Å². The van der Waals surface area contributed by atoms with E-state index in [1.165, 1.54) is 25.7 Å². The summed E-state index contributed by atoms with van der Waals surface area (Å²) < 4.78 is 0. The number of hydrogen-bond acceptors (Lipinski definition) is 2. The van der Waals surface area contributed by atoms with Crippen molar-refractivity contribution in [2.45, 2.75) is 52.1 Å². The SMILES string of the molecule is CN(Cc1cc(Cl)ccc1N)C1CCC(C)(C)CC1. The Morgan fingerprint density at radius 3 is 2.58 bits per heavy atom. The minimum atomic E-state index is 0.520. The molecule has 0 bridgehead atoms. The first-order valence-electron chi connectivity index (χ1n) is 7.11. The van der Waals surface area contributed by atoms with Crippen LogP contribution in [-0.2, 0) is 6.54 Å². The molecule has 1 aliphatic carbocycles. The molecule has 2 N–H and O–H groups in total. The summed E-state index contributed by atoms with van der Waals surface area (Å²) >= 11 is 6.05. The van der Waals surface area contributed by atoms with Gasteiger partial charge in [-0.05, 0) is 61.9 Å². The maximum absolute atomic E-state index is 6.05. The van der Waals surface area contributed by atoms with Crippen LogP contribution in [0.15, 0.2) is 18.2 Å². The van der Waals surface area contributed by atoms with Crippen molar-refractivity contribution in [3.8, 4) is 0 Å². The van der Waals surface area contributed by atoms with Crippen LogP contribution in [0.25, 0.3) is 0 Å². The number of anilines is 1. The van der Waals surface area contributed by atoms with Gasteiger partial charge in [0.1, 0.15) is 0 Å². The van der Waals surface area contributed by atoms with Crippen molar-refractivity contribution in [1.82, 2.24) is 4.90 Å². The lowest BCUT2D eigenvalue weighted by molar-refractivity contribution is 0.123. The summed E-state index contributed by atoms with van der Waals surface area (Å²) in [6, 6.07) is 6.41. The van der Waals surface area contributed by atoms with Crippen molar-refractivity contribution in [3.63, 3.8) is 0 Å². The molecule has 0 aromatic heterocycles. The van der Waals surface area contributed by atoms with Crippen molar-refractivity contribution in [2.24, 2.45) is 5.41 Å².